The van der Waals surface area contributed by atoms with Crippen molar-refractivity contribution in [3.8, 4) is 0 Å². The third kappa shape index (κ3) is 3.06. The quantitative estimate of drug-likeness (QED) is 0.843. The second-order valence-corrected chi connectivity index (χ2v) is 4.08. The molecule has 14 heavy (non-hydrogen) atoms. The lowest BCUT2D eigenvalue weighted by molar-refractivity contribution is -0.136. The lowest BCUT2D eigenvalue weighted by atomic mass is 10.2. The number of aliphatic carboxylic acids is 1. The summed E-state index contributed by atoms with van der Waals surface area (Å²) in [5.74, 6) is -0.0269. The molecular formula is C9H11BrN2O2. The Hall–Kier alpha value is -0.970. The highest BCUT2D eigenvalue weighted by molar-refractivity contribution is 9.10. The number of nitrogens with zero attached hydrogens (tertiary/aromatic N) is 2. The van der Waals surface area contributed by atoms with Crippen LogP contribution in [-0.4, -0.2) is 21.0 Å². The van der Waals surface area contributed by atoms with E-state index in [1.807, 2.05) is 13.8 Å². The van der Waals surface area contributed by atoms with Crippen LogP contribution >= 0.6 is 15.9 Å². The van der Waals surface area contributed by atoms with Crippen LogP contribution in [0.4, 0.5) is 0 Å². The van der Waals surface area contributed by atoms with E-state index in [0.717, 1.165) is 0 Å². The summed E-state index contributed by atoms with van der Waals surface area (Å²) in [6, 6.07) is 1.62. The fourth-order valence-electron chi connectivity index (χ4n) is 0.987. The summed E-state index contributed by atoms with van der Waals surface area (Å²) in [6.45, 7) is 3.93. The fraction of sp³-hybridized carbons (Fsp3) is 0.444. The summed E-state index contributed by atoms with van der Waals surface area (Å²) in [5, 5.41) is 8.61. The van der Waals surface area contributed by atoms with Crippen LogP contribution in [0.25, 0.3) is 0 Å². The molecule has 4 nitrogen and oxygen atoms in total. The maximum absolute atomic E-state index is 10.5. The van der Waals surface area contributed by atoms with E-state index in [1.165, 1.54) is 0 Å². The molecule has 0 aliphatic carbocycles. The van der Waals surface area contributed by atoms with Gasteiger partial charge >= 0.3 is 5.97 Å². The van der Waals surface area contributed by atoms with Crippen LogP contribution in [0.3, 0.4) is 0 Å². The Labute approximate surface area is 90.5 Å². The van der Waals surface area contributed by atoms with Crippen molar-refractivity contribution in [3.05, 3.63) is 22.2 Å². The zero-order chi connectivity index (χ0) is 10.7. The number of hydrogen-bond acceptors (Lipinski definition) is 3. The molecule has 1 aromatic heterocycles. The first-order valence-corrected chi connectivity index (χ1v) is 5.03. The number of carbonyl (C=O) groups is 1. The number of carboxylic acid groups (broad SMARTS) is 1. The molecule has 0 saturated heterocycles. The van der Waals surface area contributed by atoms with E-state index >= 15 is 0 Å². The predicted octanol–water partition coefficient (Wildman–Crippen LogP) is 1.99. The van der Waals surface area contributed by atoms with Gasteiger partial charge in [0.25, 0.3) is 0 Å². The van der Waals surface area contributed by atoms with E-state index in [1.54, 1.807) is 6.07 Å². The topological polar surface area (TPSA) is 63.1 Å². The van der Waals surface area contributed by atoms with Crippen LogP contribution in [0.5, 0.6) is 0 Å². The Balaban J connectivity index is 3.01. The highest BCUT2D eigenvalue weighted by atomic mass is 79.9. The van der Waals surface area contributed by atoms with Crippen molar-refractivity contribution >= 4 is 21.9 Å². The monoisotopic (exact) mass is 258 g/mol. The van der Waals surface area contributed by atoms with Crippen LogP contribution in [-0.2, 0) is 11.2 Å². The van der Waals surface area contributed by atoms with Gasteiger partial charge < -0.3 is 5.11 Å². The molecule has 1 N–H and O–H groups in total. The van der Waals surface area contributed by atoms with Gasteiger partial charge in [-0.05, 0) is 22.0 Å². The van der Waals surface area contributed by atoms with Gasteiger partial charge in [0.1, 0.15) is 10.4 Å². The Morgan fingerprint density at radius 2 is 2.21 bits per heavy atom. The molecule has 0 fully saturated rings. The normalized spacial score (nSPS) is 10.6. The summed E-state index contributed by atoms with van der Waals surface area (Å²) in [4.78, 5) is 18.8. The highest BCUT2D eigenvalue weighted by Gasteiger charge is 2.08. The molecule has 0 bridgehead atoms. The summed E-state index contributed by atoms with van der Waals surface area (Å²) in [6.07, 6.45) is -0.0686. The molecule has 0 aliphatic heterocycles. The van der Waals surface area contributed by atoms with Crippen LogP contribution < -0.4 is 0 Å². The molecule has 1 rings (SSSR count). The first-order valence-electron chi connectivity index (χ1n) is 4.24. The summed E-state index contributed by atoms with van der Waals surface area (Å²) < 4.78 is 0.632. The molecule has 0 aromatic carbocycles. The third-order valence-corrected chi connectivity index (χ3v) is 2.02. The van der Waals surface area contributed by atoms with Crippen molar-refractivity contribution in [2.45, 2.75) is 26.2 Å². The van der Waals surface area contributed by atoms with Gasteiger partial charge in [0.2, 0.25) is 0 Å². The number of rotatable bonds is 3. The van der Waals surface area contributed by atoms with Gasteiger partial charge in [0.05, 0.1) is 12.1 Å². The molecule has 0 unspecified atom stereocenters. The standard InChI is InChI=1S/C9H11BrN2O2/c1-5(2)9-11-6(4-8(13)14)3-7(10)12-9/h3,5H,4H2,1-2H3,(H,13,14). The highest BCUT2D eigenvalue weighted by Crippen LogP contribution is 2.14. The molecule has 1 aromatic rings. The molecule has 5 heteroatoms. The van der Waals surface area contributed by atoms with Gasteiger partial charge in [0, 0.05) is 5.92 Å². The van der Waals surface area contributed by atoms with Gasteiger partial charge in [-0.2, -0.15) is 0 Å². The van der Waals surface area contributed by atoms with E-state index in [-0.39, 0.29) is 12.3 Å². The summed E-state index contributed by atoms with van der Waals surface area (Å²) in [7, 11) is 0. The Kier molecular flexibility index (Phi) is 3.57. The van der Waals surface area contributed by atoms with Gasteiger partial charge in [0.15, 0.2) is 0 Å². The lowest BCUT2D eigenvalue weighted by Gasteiger charge is -2.05. The van der Waals surface area contributed by atoms with Gasteiger partial charge in [-0.3, -0.25) is 4.79 Å². The fourth-order valence-corrected chi connectivity index (χ4v) is 1.43. The van der Waals surface area contributed by atoms with Gasteiger partial charge in [-0.25, -0.2) is 9.97 Å². The van der Waals surface area contributed by atoms with Gasteiger partial charge in [-0.1, -0.05) is 13.8 Å². The predicted molar refractivity (Wildman–Crippen MR) is 55.2 cm³/mol. The molecule has 0 atom stereocenters. The minimum atomic E-state index is -0.884. The molecule has 0 spiro atoms. The molecule has 1 heterocycles. The van der Waals surface area contributed by atoms with E-state index in [4.69, 9.17) is 5.11 Å². The first-order chi connectivity index (χ1) is 6.49. The minimum absolute atomic E-state index is 0.0686. The molecule has 0 aliphatic rings. The van der Waals surface area contributed by atoms with Crippen LogP contribution in [0.1, 0.15) is 31.3 Å². The van der Waals surface area contributed by atoms with Crippen LogP contribution in [0.2, 0.25) is 0 Å². The smallest absolute Gasteiger partial charge is 0.309 e. The summed E-state index contributed by atoms with van der Waals surface area (Å²) in [5.41, 5.74) is 0.531. The molecule has 0 amide bonds. The Morgan fingerprint density at radius 1 is 1.57 bits per heavy atom. The number of halogens is 1. The second kappa shape index (κ2) is 4.50. The van der Waals surface area contributed by atoms with E-state index in [2.05, 4.69) is 25.9 Å². The third-order valence-electron chi connectivity index (χ3n) is 1.61. The average Bonchev–Trinajstić information content (AvgIpc) is 2.01. The van der Waals surface area contributed by atoms with Crippen molar-refractivity contribution in [1.29, 1.82) is 0 Å². The molecule has 0 saturated carbocycles. The Bertz CT molecular complexity index is 353. The van der Waals surface area contributed by atoms with Crippen molar-refractivity contribution in [2.75, 3.05) is 0 Å². The second-order valence-electron chi connectivity index (χ2n) is 3.27. The van der Waals surface area contributed by atoms with Crippen molar-refractivity contribution < 1.29 is 9.90 Å². The summed E-state index contributed by atoms with van der Waals surface area (Å²) >= 11 is 3.23. The van der Waals surface area contributed by atoms with E-state index in [9.17, 15) is 4.79 Å². The minimum Gasteiger partial charge on any atom is -0.481 e. The van der Waals surface area contributed by atoms with Crippen molar-refractivity contribution in [3.63, 3.8) is 0 Å². The van der Waals surface area contributed by atoms with Crippen LogP contribution in [0.15, 0.2) is 10.7 Å². The number of carboxylic acids is 1. The lowest BCUT2D eigenvalue weighted by Crippen LogP contribution is -2.06. The zero-order valence-corrected chi connectivity index (χ0v) is 9.58. The molecule has 76 valence electrons. The maximum atomic E-state index is 10.5. The van der Waals surface area contributed by atoms with Crippen LogP contribution in [0, 0.1) is 0 Å². The Morgan fingerprint density at radius 3 is 2.71 bits per heavy atom. The van der Waals surface area contributed by atoms with Crippen molar-refractivity contribution in [1.82, 2.24) is 9.97 Å². The van der Waals surface area contributed by atoms with Gasteiger partial charge in [-0.15, -0.1) is 0 Å². The molecular weight excluding hydrogens is 248 g/mol. The average molecular weight is 259 g/mol. The van der Waals surface area contributed by atoms with Crippen molar-refractivity contribution in [2.24, 2.45) is 0 Å². The largest absolute Gasteiger partial charge is 0.481 e. The molecule has 0 radical (unpaired) electrons. The van der Waals surface area contributed by atoms with E-state index in [0.29, 0.717) is 16.1 Å². The first kappa shape index (κ1) is 11.1. The number of aromatic nitrogens is 2. The zero-order valence-electron chi connectivity index (χ0n) is 7.99. The van der Waals surface area contributed by atoms with E-state index < -0.39 is 5.97 Å². The maximum Gasteiger partial charge on any atom is 0.309 e. The SMILES string of the molecule is CC(C)c1nc(Br)cc(CC(=O)O)n1. The number of hydrogen-bond donors (Lipinski definition) is 1.